The third-order valence-corrected chi connectivity index (χ3v) is 6.43. The first-order chi connectivity index (χ1) is 15.2. The highest BCUT2D eigenvalue weighted by Gasteiger charge is 2.49. The van der Waals surface area contributed by atoms with E-state index >= 15 is 0 Å². The van der Waals surface area contributed by atoms with Gasteiger partial charge in [0, 0.05) is 31.1 Å². The summed E-state index contributed by atoms with van der Waals surface area (Å²) < 4.78 is 5.90. The van der Waals surface area contributed by atoms with Crippen molar-refractivity contribution in [2.75, 3.05) is 19.8 Å². The number of nitrogens with zero attached hydrogens (tertiary/aromatic N) is 2. The number of carbonyl (C=O) groups excluding carboxylic acids is 1. The fourth-order valence-electron chi connectivity index (χ4n) is 3.75. The Morgan fingerprint density at radius 2 is 1.91 bits per heavy atom. The number of carboxylic acids is 1. The van der Waals surface area contributed by atoms with Crippen LogP contribution in [0.2, 0.25) is 10.0 Å². The van der Waals surface area contributed by atoms with Crippen LogP contribution in [-0.4, -0.2) is 52.1 Å². The SMILES string of the molecule is Cc1ccc(OCN2CCC2(C)C(=O)N(CCCC(=O)O)Cc2ccc(Cl)cc2)c(Cl)c1. The van der Waals surface area contributed by atoms with E-state index in [2.05, 4.69) is 0 Å². The lowest BCUT2D eigenvalue weighted by atomic mass is 9.85. The molecule has 3 rings (SSSR count). The van der Waals surface area contributed by atoms with E-state index in [-0.39, 0.29) is 19.1 Å². The van der Waals surface area contributed by atoms with Gasteiger partial charge < -0.3 is 14.7 Å². The van der Waals surface area contributed by atoms with Crippen molar-refractivity contribution in [3.8, 4) is 5.75 Å². The molecule has 0 radical (unpaired) electrons. The zero-order valence-corrected chi connectivity index (χ0v) is 19.8. The maximum Gasteiger partial charge on any atom is 0.303 e. The maximum atomic E-state index is 13.6. The monoisotopic (exact) mass is 478 g/mol. The van der Waals surface area contributed by atoms with Gasteiger partial charge in [0.25, 0.3) is 0 Å². The van der Waals surface area contributed by atoms with Crippen molar-refractivity contribution in [1.29, 1.82) is 0 Å². The van der Waals surface area contributed by atoms with Crippen LogP contribution in [0.25, 0.3) is 0 Å². The van der Waals surface area contributed by atoms with Gasteiger partial charge in [-0.2, -0.15) is 0 Å². The Kier molecular flexibility index (Phi) is 8.04. The Bertz CT molecular complexity index is 967. The Hall–Kier alpha value is -2.28. The first-order valence-corrected chi connectivity index (χ1v) is 11.3. The Labute approximate surface area is 198 Å². The molecule has 2 aromatic carbocycles. The molecule has 1 saturated heterocycles. The van der Waals surface area contributed by atoms with Crippen molar-refractivity contribution in [3.63, 3.8) is 0 Å². The largest absolute Gasteiger partial charge is 0.481 e. The minimum absolute atomic E-state index is 0.0138. The van der Waals surface area contributed by atoms with Crippen molar-refractivity contribution >= 4 is 35.1 Å². The number of carbonyl (C=O) groups is 2. The summed E-state index contributed by atoms with van der Waals surface area (Å²) >= 11 is 12.2. The van der Waals surface area contributed by atoms with E-state index in [0.717, 1.165) is 17.7 Å². The zero-order valence-electron chi connectivity index (χ0n) is 18.3. The number of carboxylic acid groups (broad SMARTS) is 1. The van der Waals surface area contributed by atoms with Gasteiger partial charge in [0.1, 0.15) is 18.0 Å². The molecule has 1 heterocycles. The zero-order chi connectivity index (χ0) is 23.3. The van der Waals surface area contributed by atoms with E-state index in [9.17, 15) is 9.59 Å². The van der Waals surface area contributed by atoms with Crippen molar-refractivity contribution in [2.24, 2.45) is 0 Å². The lowest BCUT2D eigenvalue weighted by Gasteiger charge is -2.50. The fourth-order valence-corrected chi connectivity index (χ4v) is 4.16. The molecule has 1 fully saturated rings. The van der Waals surface area contributed by atoms with Gasteiger partial charge >= 0.3 is 5.97 Å². The molecule has 0 bridgehead atoms. The van der Waals surface area contributed by atoms with E-state index in [4.69, 9.17) is 33.0 Å². The van der Waals surface area contributed by atoms with Crippen LogP contribution < -0.4 is 4.74 Å². The maximum absolute atomic E-state index is 13.6. The van der Waals surface area contributed by atoms with Gasteiger partial charge in [0.15, 0.2) is 0 Å². The van der Waals surface area contributed by atoms with Crippen LogP contribution in [0.15, 0.2) is 42.5 Å². The lowest BCUT2D eigenvalue weighted by Crippen LogP contribution is -2.66. The summed E-state index contributed by atoms with van der Waals surface area (Å²) in [6.45, 7) is 5.60. The standard InChI is InChI=1S/C24H28Cl2N2O4/c1-17-5-10-21(20(26)14-17)32-16-28-13-11-24(28,2)23(31)27(12-3-4-22(29)30)15-18-6-8-19(25)9-7-18/h5-10,14H,3-4,11-13,15-16H2,1-2H3,(H,29,30). The van der Waals surface area contributed by atoms with E-state index in [1.54, 1.807) is 17.0 Å². The first kappa shape index (κ1) is 24.4. The molecular weight excluding hydrogens is 451 g/mol. The molecular formula is C24H28Cl2N2O4. The smallest absolute Gasteiger partial charge is 0.303 e. The van der Waals surface area contributed by atoms with Crippen LogP contribution in [0.3, 0.4) is 0 Å². The molecule has 0 spiro atoms. The van der Waals surface area contributed by atoms with E-state index < -0.39 is 11.5 Å². The quantitative estimate of drug-likeness (QED) is 0.520. The summed E-state index contributed by atoms with van der Waals surface area (Å²) in [7, 11) is 0. The minimum atomic E-state index is -0.872. The second kappa shape index (κ2) is 10.6. The normalized spacial score (nSPS) is 18.1. The van der Waals surface area contributed by atoms with Crippen LogP contribution in [-0.2, 0) is 16.1 Å². The minimum Gasteiger partial charge on any atom is -0.481 e. The van der Waals surface area contributed by atoms with Gasteiger partial charge in [-0.15, -0.1) is 0 Å². The van der Waals surface area contributed by atoms with Crippen LogP contribution in [0.1, 0.15) is 37.3 Å². The highest BCUT2D eigenvalue weighted by atomic mass is 35.5. The van der Waals surface area contributed by atoms with Crippen molar-refractivity contribution < 1.29 is 19.4 Å². The lowest BCUT2D eigenvalue weighted by molar-refractivity contribution is -0.158. The average molecular weight is 479 g/mol. The Balaban J connectivity index is 1.69. The van der Waals surface area contributed by atoms with Crippen LogP contribution in [0, 0.1) is 6.92 Å². The molecule has 8 heteroatoms. The van der Waals surface area contributed by atoms with Gasteiger partial charge in [-0.1, -0.05) is 41.4 Å². The van der Waals surface area contributed by atoms with Crippen LogP contribution in [0.4, 0.5) is 0 Å². The molecule has 1 aliphatic heterocycles. The summed E-state index contributed by atoms with van der Waals surface area (Å²) in [5.41, 5.74) is 1.27. The van der Waals surface area contributed by atoms with E-state index in [0.29, 0.717) is 41.7 Å². The molecule has 2 aromatic rings. The number of halogens is 2. The number of benzene rings is 2. The molecule has 0 saturated carbocycles. The summed E-state index contributed by atoms with van der Waals surface area (Å²) in [5.74, 6) is -0.329. The molecule has 6 nitrogen and oxygen atoms in total. The number of aryl methyl sites for hydroxylation is 1. The third-order valence-electron chi connectivity index (χ3n) is 5.88. The highest BCUT2D eigenvalue weighted by Crippen LogP contribution is 2.34. The van der Waals surface area contributed by atoms with Crippen LogP contribution >= 0.6 is 23.2 Å². The van der Waals surface area contributed by atoms with Crippen LogP contribution in [0.5, 0.6) is 5.75 Å². The van der Waals surface area contributed by atoms with Crippen molar-refractivity contribution in [2.45, 2.75) is 45.2 Å². The number of rotatable bonds is 10. The first-order valence-electron chi connectivity index (χ1n) is 10.6. The number of likely N-dealkylation sites (tertiary alicyclic amines) is 1. The molecule has 0 aliphatic carbocycles. The van der Waals surface area contributed by atoms with Crippen molar-refractivity contribution in [1.82, 2.24) is 9.80 Å². The summed E-state index contributed by atoms with van der Waals surface area (Å²) in [6.07, 6.45) is 1.10. The third kappa shape index (κ3) is 5.94. The number of hydrogen-bond donors (Lipinski definition) is 1. The highest BCUT2D eigenvalue weighted by molar-refractivity contribution is 6.32. The molecule has 1 amide bonds. The molecule has 1 aliphatic rings. The predicted molar refractivity (Wildman–Crippen MR) is 125 cm³/mol. The predicted octanol–water partition coefficient (Wildman–Crippen LogP) is 5.00. The molecule has 1 unspecified atom stereocenters. The molecule has 172 valence electrons. The molecule has 1 N–H and O–H groups in total. The summed E-state index contributed by atoms with van der Waals surface area (Å²) in [6, 6.07) is 12.9. The van der Waals surface area contributed by atoms with E-state index in [1.165, 1.54) is 0 Å². The Morgan fingerprint density at radius 1 is 1.19 bits per heavy atom. The fraction of sp³-hybridized carbons (Fsp3) is 0.417. The van der Waals surface area contributed by atoms with Crippen molar-refractivity contribution in [3.05, 3.63) is 63.6 Å². The van der Waals surface area contributed by atoms with E-state index in [1.807, 2.05) is 49.1 Å². The van der Waals surface area contributed by atoms with Gasteiger partial charge in [-0.3, -0.25) is 14.5 Å². The van der Waals surface area contributed by atoms with Gasteiger partial charge in [0.05, 0.1) is 5.02 Å². The number of ether oxygens (including phenoxy) is 1. The number of hydrogen-bond acceptors (Lipinski definition) is 4. The number of aliphatic carboxylic acids is 1. The number of amides is 1. The summed E-state index contributed by atoms with van der Waals surface area (Å²) in [5, 5.41) is 10.2. The average Bonchev–Trinajstić information content (AvgIpc) is 2.74. The molecule has 32 heavy (non-hydrogen) atoms. The van der Waals surface area contributed by atoms with Gasteiger partial charge in [0.2, 0.25) is 5.91 Å². The van der Waals surface area contributed by atoms with Gasteiger partial charge in [-0.05, 0) is 62.1 Å². The summed E-state index contributed by atoms with van der Waals surface area (Å²) in [4.78, 5) is 28.3. The molecule has 1 atom stereocenters. The molecule has 0 aromatic heterocycles. The topological polar surface area (TPSA) is 70.1 Å². The van der Waals surface area contributed by atoms with Gasteiger partial charge in [-0.25, -0.2) is 0 Å². The Morgan fingerprint density at radius 3 is 2.50 bits per heavy atom. The second-order valence-electron chi connectivity index (χ2n) is 8.35. The second-order valence-corrected chi connectivity index (χ2v) is 9.19.